The van der Waals surface area contributed by atoms with Gasteiger partial charge in [0, 0.05) is 42.9 Å². The molecule has 0 bridgehead atoms. The summed E-state index contributed by atoms with van der Waals surface area (Å²) in [4.78, 5) is 39.9. The number of ketones is 1. The first kappa shape index (κ1) is 25.6. The third-order valence-corrected chi connectivity index (χ3v) is 5.81. The van der Waals surface area contributed by atoms with E-state index in [-0.39, 0.29) is 17.6 Å². The number of unbranched alkanes of at least 4 members (excludes halogenated alkanes) is 2. The Balaban J connectivity index is 1.85. The van der Waals surface area contributed by atoms with Gasteiger partial charge in [-0.1, -0.05) is 51.8 Å². The van der Waals surface area contributed by atoms with Crippen molar-refractivity contribution in [3.05, 3.63) is 36.0 Å². The number of para-hydroxylation sites is 1. The molecule has 0 aliphatic rings. The number of hydrogen-bond donors (Lipinski definition) is 3. The summed E-state index contributed by atoms with van der Waals surface area (Å²) in [5.74, 6) is 0.517. The van der Waals surface area contributed by atoms with E-state index in [1.54, 1.807) is 0 Å². The standard InChI is InChI=1S/C26H39N3O3/c1-4-21(30)10-6-5-7-13-24(29-25(31)15-14-19(2)3)26(32)27-17-16-20-18-28-23-12-9-8-11-22(20)23/h8-9,11-12,18-19,24,28H,4-7,10,13-17H2,1-3H3,(H,27,32)(H,29,31). The predicted octanol–water partition coefficient (Wildman–Crippen LogP) is 4.68. The Morgan fingerprint density at radius 3 is 2.53 bits per heavy atom. The van der Waals surface area contributed by atoms with E-state index in [9.17, 15) is 14.4 Å². The number of amides is 2. The molecule has 1 atom stereocenters. The maximum Gasteiger partial charge on any atom is 0.242 e. The monoisotopic (exact) mass is 441 g/mol. The van der Waals surface area contributed by atoms with Crippen molar-refractivity contribution in [2.75, 3.05) is 6.54 Å². The molecular weight excluding hydrogens is 402 g/mol. The van der Waals surface area contributed by atoms with Gasteiger partial charge in [-0.15, -0.1) is 0 Å². The molecule has 0 aliphatic carbocycles. The normalized spacial score (nSPS) is 12.1. The Morgan fingerprint density at radius 2 is 1.78 bits per heavy atom. The number of nitrogens with one attached hydrogen (secondary N) is 3. The third-order valence-electron chi connectivity index (χ3n) is 5.81. The molecule has 176 valence electrons. The molecule has 1 heterocycles. The van der Waals surface area contributed by atoms with Crippen LogP contribution in [-0.2, 0) is 20.8 Å². The highest BCUT2D eigenvalue weighted by atomic mass is 16.2. The zero-order chi connectivity index (χ0) is 23.3. The SMILES string of the molecule is CCC(=O)CCCCCC(NC(=O)CCC(C)C)C(=O)NCCc1c[nH]c2ccccc12. The zero-order valence-corrected chi connectivity index (χ0v) is 19.8. The molecule has 0 radical (unpaired) electrons. The van der Waals surface area contributed by atoms with E-state index in [1.807, 2.05) is 31.3 Å². The number of fused-ring (bicyclic) bond motifs is 1. The van der Waals surface area contributed by atoms with Crippen molar-refractivity contribution in [2.24, 2.45) is 5.92 Å². The predicted molar refractivity (Wildman–Crippen MR) is 129 cm³/mol. The minimum atomic E-state index is -0.528. The second-order valence-electron chi connectivity index (χ2n) is 8.94. The summed E-state index contributed by atoms with van der Waals surface area (Å²) < 4.78 is 0. The van der Waals surface area contributed by atoms with Gasteiger partial charge >= 0.3 is 0 Å². The van der Waals surface area contributed by atoms with Crippen molar-refractivity contribution in [3.63, 3.8) is 0 Å². The summed E-state index contributed by atoms with van der Waals surface area (Å²) in [5.41, 5.74) is 2.25. The van der Waals surface area contributed by atoms with Crippen molar-refractivity contribution in [1.29, 1.82) is 0 Å². The molecule has 2 aromatic rings. The van der Waals surface area contributed by atoms with Gasteiger partial charge in [-0.2, -0.15) is 0 Å². The van der Waals surface area contributed by atoms with Gasteiger partial charge in [0.25, 0.3) is 0 Å². The number of benzene rings is 1. The Hall–Kier alpha value is -2.63. The minimum absolute atomic E-state index is 0.0726. The molecule has 0 saturated heterocycles. The lowest BCUT2D eigenvalue weighted by atomic mass is 10.0. The average molecular weight is 442 g/mol. The number of aromatic nitrogens is 1. The Morgan fingerprint density at radius 1 is 1.00 bits per heavy atom. The van der Waals surface area contributed by atoms with Crippen LogP contribution in [0, 0.1) is 5.92 Å². The molecular formula is C26H39N3O3. The van der Waals surface area contributed by atoms with E-state index in [0.29, 0.717) is 38.1 Å². The maximum absolute atomic E-state index is 12.8. The maximum atomic E-state index is 12.8. The first-order valence-corrected chi connectivity index (χ1v) is 12.0. The van der Waals surface area contributed by atoms with E-state index in [0.717, 1.165) is 37.6 Å². The lowest BCUT2D eigenvalue weighted by Gasteiger charge is -2.19. The first-order valence-electron chi connectivity index (χ1n) is 12.0. The molecule has 3 N–H and O–H groups in total. The summed E-state index contributed by atoms with van der Waals surface area (Å²) >= 11 is 0. The first-order chi connectivity index (χ1) is 15.4. The van der Waals surface area contributed by atoms with E-state index < -0.39 is 6.04 Å². The lowest BCUT2D eigenvalue weighted by molar-refractivity contribution is -0.129. The molecule has 6 nitrogen and oxygen atoms in total. The van der Waals surface area contributed by atoms with Gasteiger partial charge in [0.05, 0.1) is 0 Å². The van der Waals surface area contributed by atoms with Crippen LogP contribution in [0.3, 0.4) is 0 Å². The average Bonchev–Trinajstić information content (AvgIpc) is 3.19. The molecule has 0 fully saturated rings. The van der Waals surface area contributed by atoms with Crippen LogP contribution in [0.25, 0.3) is 10.9 Å². The van der Waals surface area contributed by atoms with Crippen LogP contribution < -0.4 is 10.6 Å². The summed E-state index contributed by atoms with van der Waals surface area (Å²) in [6.07, 6.45) is 8.24. The second-order valence-corrected chi connectivity index (χ2v) is 8.94. The number of H-pyrrole nitrogens is 1. The van der Waals surface area contributed by atoms with E-state index >= 15 is 0 Å². The molecule has 2 amide bonds. The van der Waals surface area contributed by atoms with Gasteiger partial charge in [-0.3, -0.25) is 14.4 Å². The lowest BCUT2D eigenvalue weighted by Crippen LogP contribution is -2.47. The van der Waals surface area contributed by atoms with Gasteiger partial charge in [-0.05, 0) is 43.2 Å². The van der Waals surface area contributed by atoms with Gasteiger partial charge in [0.15, 0.2) is 0 Å². The highest BCUT2D eigenvalue weighted by Gasteiger charge is 2.20. The fourth-order valence-electron chi connectivity index (χ4n) is 3.76. The smallest absolute Gasteiger partial charge is 0.242 e. The summed E-state index contributed by atoms with van der Waals surface area (Å²) in [5, 5.41) is 7.10. The molecule has 1 aromatic carbocycles. The van der Waals surface area contributed by atoms with Crippen LogP contribution in [0.2, 0.25) is 0 Å². The van der Waals surface area contributed by atoms with E-state index in [2.05, 4.69) is 35.5 Å². The largest absolute Gasteiger partial charge is 0.361 e. The Labute approximate surface area is 191 Å². The molecule has 6 heteroatoms. The number of aromatic amines is 1. The van der Waals surface area contributed by atoms with Crippen LogP contribution in [0.1, 0.15) is 77.7 Å². The summed E-state index contributed by atoms with van der Waals surface area (Å²) in [6.45, 7) is 6.56. The van der Waals surface area contributed by atoms with Crippen LogP contribution >= 0.6 is 0 Å². The topological polar surface area (TPSA) is 91.1 Å². The van der Waals surface area contributed by atoms with Gasteiger partial charge in [-0.25, -0.2) is 0 Å². The fourth-order valence-corrected chi connectivity index (χ4v) is 3.76. The van der Waals surface area contributed by atoms with Crippen molar-refractivity contribution in [2.45, 2.75) is 84.6 Å². The quantitative estimate of drug-likeness (QED) is 0.351. The van der Waals surface area contributed by atoms with Crippen LogP contribution in [0.5, 0.6) is 0 Å². The molecule has 1 unspecified atom stereocenters. The zero-order valence-electron chi connectivity index (χ0n) is 19.8. The van der Waals surface area contributed by atoms with Crippen LogP contribution in [0.15, 0.2) is 30.5 Å². The van der Waals surface area contributed by atoms with Crippen molar-refractivity contribution < 1.29 is 14.4 Å². The highest BCUT2D eigenvalue weighted by molar-refractivity contribution is 5.87. The molecule has 0 spiro atoms. The van der Waals surface area contributed by atoms with Gasteiger partial charge in [0.2, 0.25) is 11.8 Å². The second kappa shape index (κ2) is 13.7. The minimum Gasteiger partial charge on any atom is -0.361 e. The molecule has 2 rings (SSSR count). The molecule has 0 saturated carbocycles. The van der Waals surface area contributed by atoms with Crippen molar-refractivity contribution >= 4 is 28.5 Å². The fraction of sp³-hybridized carbons (Fsp3) is 0.577. The summed E-state index contributed by atoms with van der Waals surface area (Å²) in [6, 6.07) is 7.59. The van der Waals surface area contributed by atoms with Gasteiger partial charge in [0.1, 0.15) is 11.8 Å². The number of carbonyl (C=O) groups is 3. The third kappa shape index (κ3) is 8.85. The number of rotatable bonds is 15. The Bertz CT molecular complexity index is 872. The van der Waals surface area contributed by atoms with Crippen LogP contribution in [-0.4, -0.2) is 35.2 Å². The van der Waals surface area contributed by atoms with Crippen molar-refractivity contribution in [1.82, 2.24) is 15.6 Å². The number of hydrogen-bond acceptors (Lipinski definition) is 3. The van der Waals surface area contributed by atoms with Crippen LogP contribution in [0.4, 0.5) is 0 Å². The molecule has 32 heavy (non-hydrogen) atoms. The number of Topliss-reactive ketones (excluding diaryl/α,β-unsaturated/α-hetero) is 1. The summed E-state index contributed by atoms with van der Waals surface area (Å²) in [7, 11) is 0. The van der Waals surface area contributed by atoms with Crippen molar-refractivity contribution in [3.8, 4) is 0 Å². The Kier molecular flexibility index (Phi) is 11.0. The molecule has 0 aliphatic heterocycles. The van der Waals surface area contributed by atoms with Gasteiger partial charge < -0.3 is 15.6 Å². The number of carbonyl (C=O) groups excluding carboxylic acids is 3. The van der Waals surface area contributed by atoms with E-state index in [4.69, 9.17) is 0 Å². The van der Waals surface area contributed by atoms with E-state index in [1.165, 1.54) is 10.9 Å². The highest BCUT2D eigenvalue weighted by Crippen LogP contribution is 2.17. The molecule has 1 aromatic heterocycles.